The fourth-order valence-corrected chi connectivity index (χ4v) is 1.87. The second-order valence-corrected chi connectivity index (χ2v) is 3.59. The number of anilines is 1. The van der Waals surface area contributed by atoms with Crippen LogP contribution < -0.4 is 4.90 Å². The molecule has 1 aliphatic heterocycles. The minimum atomic E-state index is 0.535. The molecule has 0 amide bonds. The first-order valence-corrected chi connectivity index (χ1v) is 4.68. The van der Waals surface area contributed by atoms with E-state index in [1.807, 2.05) is 4.90 Å². The van der Waals surface area contributed by atoms with Crippen molar-refractivity contribution in [3.05, 3.63) is 41.6 Å². The number of rotatable bonds is 1. The highest BCUT2D eigenvalue weighted by Gasteiger charge is 2.20. The van der Waals surface area contributed by atoms with Crippen molar-refractivity contribution in [3.63, 3.8) is 0 Å². The standard InChI is InChI=1S/C12H12N2/c1-9-3-4-12-11(7-9)5-6-14(12)10(2)8-13/h3-4,7H,2,5-6H2,1H3. The van der Waals surface area contributed by atoms with E-state index in [1.54, 1.807) is 0 Å². The fourth-order valence-electron chi connectivity index (χ4n) is 1.87. The van der Waals surface area contributed by atoms with Crippen LogP contribution >= 0.6 is 0 Å². The molecule has 0 aromatic heterocycles. The van der Waals surface area contributed by atoms with E-state index >= 15 is 0 Å². The summed E-state index contributed by atoms with van der Waals surface area (Å²) in [5.41, 5.74) is 4.27. The molecule has 0 spiro atoms. The van der Waals surface area contributed by atoms with E-state index in [0.29, 0.717) is 5.70 Å². The van der Waals surface area contributed by atoms with Gasteiger partial charge in [0.2, 0.25) is 0 Å². The monoisotopic (exact) mass is 184 g/mol. The molecule has 0 N–H and O–H groups in total. The average Bonchev–Trinajstić information content (AvgIpc) is 2.59. The van der Waals surface area contributed by atoms with E-state index in [2.05, 4.69) is 37.8 Å². The van der Waals surface area contributed by atoms with Gasteiger partial charge in [-0.25, -0.2) is 0 Å². The highest BCUT2D eigenvalue weighted by Crippen LogP contribution is 2.30. The highest BCUT2D eigenvalue weighted by atomic mass is 15.2. The Hall–Kier alpha value is -1.75. The Kier molecular flexibility index (Phi) is 2.01. The molecule has 0 aliphatic carbocycles. The first-order valence-electron chi connectivity index (χ1n) is 4.68. The number of nitrogens with zero attached hydrogens (tertiary/aromatic N) is 2. The maximum Gasteiger partial charge on any atom is 0.117 e. The van der Waals surface area contributed by atoms with Crippen LogP contribution in [0.2, 0.25) is 0 Å². The maximum atomic E-state index is 8.78. The van der Waals surface area contributed by atoms with Crippen LogP contribution in [0.4, 0.5) is 5.69 Å². The molecule has 1 aromatic rings. The molecule has 1 aromatic carbocycles. The molecule has 0 saturated carbocycles. The van der Waals surface area contributed by atoms with Gasteiger partial charge in [0.05, 0.1) is 0 Å². The van der Waals surface area contributed by atoms with Gasteiger partial charge in [-0.3, -0.25) is 0 Å². The van der Waals surface area contributed by atoms with Crippen molar-refractivity contribution in [1.82, 2.24) is 0 Å². The van der Waals surface area contributed by atoms with Gasteiger partial charge in [-0.15, -0.1) is 0 Å². The van der Waals surface area contributed by atoms with Crippen LogP contribution in [0.1, 0.15) is 11.1 Å². The molecule has 2 nitrogen and oxygen atoms in total. The molecule has 0 atom stereocenters. The summed E-state index contributed by atoms with van der Waals surface area (Å²) >= 11 is 0. The Balaban J connectivity index is 2.41. The predicted molar refractivity (Wildman–Crippen MR) is 57.0 cm³/mol. The summed E-state index contributed by atoms with van der Waals surface area (Å²) in [5.74, 6) is 0. The maximum absolute atomic E-state index is 8.78. The molecule has 1 aliphatic rings. The number of nitriles is 1. The van der Waals surface area contributed by atoms with Gasteiger partial charge >= 0.3 is 0 Å². The van der Waals surface area contributed by atoms with Crippen LogP contribution in [0.25, 0.3) is 0 Å². The summed E-state index contributed by atoms with van der Waals surface area (Å²) in [6.45, 7) is 6.71. The zero-order chi connectivity index (χ0) is 10.1. The Morgan fingerprint density at radius 1 is 1.57 bits per heavy atom. The zero-order valence-electron chi connectivity index (χ0n) is 8.25. The Morgan fingerprint density at radius 2 is 2.36 bits per heavy atom. The van der Waals surface area contributed by atoms with Crippen molar-refractivity contribution in [3.8, 4) is 6.07 Å². The molecule has 1 heterocycles. The third-order valence-corrected chi connectivity index (χ3v) is 2.59. The normalized spacial score (nSPS) is 13.6. The largest absolute Gasteiger partial charge is 0.333 e. The number of benzene rings is 1. The first kappa shape index (κ1) is 8.83. The molecule has 0 fully saturated rings. The molecule has 70 valence electrons. The van der Waals surface area contributed by atoms with Gasteiger partial charge in [0.25, 0.3) is 0 Å². The summed E-state index contributed by atoms with van der Waals surface area (Å²) in [5, 5.41) is 8.78. The van der Waals surface area contributed by atoms with Crippen LogP contribution in [0.3, 0.4) is 0 Å². The smallest absolute Gasteiger partial charge is 0.117 e. The van der Waals surface area contributed by atoms with E-state index in [-0.39, 0.29) is 0 Å². The van der Waals surface area contributed by atoms with E-state index in [4.69, 9.17) is 5.26 Å². The van der Waals surface area contributed by atoms with E-state index < -0.39 is 0 Å². The Morgan fingerprint density at radius 3 is 3.07 bits per heavy atom. The lowest BCUT2D eigenvalue weighted by Crippen LogP contribution is -2.17. The van der Waals surface area contributed by atoms with Gasteiger partial charge in [-0.2, -0.15) is 5.26 Å². The number of fused-ring (bicyclic) bond motifs is 1. The molecule has 0 radical (unpaired) electrons. The van der Waals surface area contributed by atoms with Gasteiger partial charge in [0, 0.05) is 12.2 Å². The van der Waals surface area contributed by atoms with Gasteiger partial charge in [0.15, 0.2) is 0 Å². The number of hydrogen-bond donors (Lipinski definition) is 0. The zero-order valence-corrected chi connectivity index (χ0v) is 8.25. The molecule has 2 rings (SSSR count). The summed E-state index contributed by atoms with van der Waals surface area (Å²) in [4.78, 5) is 1.98. The molecule has 0 bridgehead atoms. The Labute approximate surface area is 84.1 Å². The molecule has 0 saturated heterocycles. The van der Waals surface area contributed by atoms with Crippen molar-refractivity contribution >= 4 is 5.69 Å². The summed E-state index contributed by atoms with van der Waals surface area (Å²) in [7, 11) is 0. The number of aryl methyl sites for hydroxylation is 1. The summed E-state index contributed by atoms with van der Waals surface area (Å²) in [6.07, 6.45) is 1.01. The Bertz CT molecular complexity index is 426. The van der Waals surface area contributed by atoms with Crippen LogP contribution in [-0.2, 0) is 6.42 Å². The second-order valence-electron chi connectivity index (χ2n) is 3.59. The van der Waals surface area contributed by atoms with E-state index in [1.165, 1.54) is 11.1 Å². The van der Waals surface area contributed by atoms with Gasteiger partial charge in [-0.1, -0.05) is 24.3 Å². The van der Waals surface area contributed by atoms with Crippen LogP contribution in [-0.4, -0.2) is 6.54 Å². The van der Waals surface area contributed by atoms with Crippen molar-refractivity contribution in [1.29, 1.82) is 5.26 Å². The van der Waals surface area contributed by atoms with Gasteiger partial charge < -0.3 is 4.90 Å². The predicted octanol–water partition coefficient (Wildman–Crippen LogP) is 2.39. The molecule has 0 unspecified atom stereocenters. The molecule has 2 heteroatoms. The van der Waals surface area contributed by atoms with Crippen LogP contribution in [0.5, 0.6) is 0 Å². The van der Waals surface area contributed by atoms with E-state index in [9.17, 15) is 0 Å². The lowest BCUT2D eigenvalue weighted by Gasteiger charge is -2.16. The quantitative estimate of drug-likeness (QED) is 0.626. The number of hydrogen-bond acceptors (Lipinski definition) is 2. The molecule has 14 heavy (non-hydrogen) atoms. The third-order valence-electron chi connectivity index (χ3n) is 2.59. The molecular formula is C12H12N2. The topological polar surface area (TPSA) is 27.0 Å². The second kappa shape index (κ2) is 3.19. The van der Waals surface area contributed by atoms with Gasteiger partial charge in [-0.05, 0) is 25.0 Å². The van der Waals surface area contributed by atoms with Crippen molar-refractivity contribution in [2.45, 2.75) is 13.3 Å². The minimum Gasteiger partial charge on any atom is -0.333 e. The van der Waals surface area contributed by atoms with Crippen molar-refractivity contribution in [2.75, 3.05) is 11.4 Å². The fraction of sp³-hybridized carbons (Fsp3) is 0.250. The van der Waals surface area contributed by atoms with Crippen molar-refractivity contribution < 1.29 is 0 Å². The van der Waals surface area contributed by atoms with Crippen LogP contribution in [0.15, 0.2) is 30.5 Å². The minimum absolute atomic E-state index is 0.535. The SMILES string of the molecule is C=C(C#N)N1CCc2cc(C)ccc21. The highest BCUT2D eigenvalue weighted by molar-refractivity contribution is 5.64. The molecular weight excluding hydrogens is 172 g/mol. The third kappa shape index (κ3) is 1.27. The first-order chi connectivity index (χ1) is 6.72. The lowest BCUT2D eigenvalue weighted by atomic mass is 10.1. The number of allylic oxidation sites excluding steroid dienone is 1. The van der Waals surface area contributed by atoms with Gasteiger partial charge in [0.1, 0.15) is 11.8 Å². The average molecular weight is 184 g/mol. The van der Waals surface area contributed by atoms with Crippen LogP contribution in [0, 0.1) is 18.3 Å². The van der Waals surface area contributed by atoms with E-state index in [0.717, 1.165) is 18.7 Å². The summed E-state index contributed by atoms with van der Waals surface area (Å²) < 4.78 is 0. The lowest BCUT2D eigenvalue weighted by molar-refractivity contribution is 0.969. The summed E-state index contributed by atoms with van der Waals surface area (Å²) in [6, 6.07) is 8.42. The van der Waals surface area contributed by atoms with Crippen molar-refractivity contribution in [2.24, 2.45) is 0 Å².